The first-order valence-electron chi connectivity index (χ1n) is 11.8. The Balaban J connectivity index is 1.58. The molecule has 0 saturated heterocycles. The maximum atomic E-state index is 13.6. The SMILES string of the molecule is Cc1cc(C)c(NC(=O)N(Cc2ccc(-c3ccccc3)s2)C2CCCCCC2)c(C)c1. The van der Waals surface area contributed by atoms with Crippen LogP contribution in [0.2, 0.25) is 0 Å². The zero-order chi connectivity index (χ0) is 22.5. The van der Waals surface area contributed by atoms with Crippen molar-refractivity contribution in [2.45, 2.75) is 71.9 Å². The number of benzene rings is 2. The van der Waals surface area contributed by atoms with Crippen LogP contribution in [0.4, 0.5) is 10.5 Å². The molecule has 1 fully saturated rings. The van der Waals surface area contributed by atoms with E-state index in [1.807, 2.05) is 6.07 Å². The first kappa shape index (κ1) is 22.6. The topological polar surface area (TPSA) is 32.3 Å². The number of anilines is 1. The number of carbonyl (C=O) groups excluding carboxylic acids is 1. The lowest BCUT2D eigenvalue weighted by molar-refractivity contribution is 0.176. The molecule has 3 aromatic rings. The Kier molecular flexibility index (Phi) is 7.31. The minimum atomic E-state index is 0.0293. The van der Waals surface area contributed by atoms with Crippen LogP contribution in [0.15, 0.2) is 54.6 Å². The quantitative estimate of drug-likeness (QED) is 0.395. The fraction of sp³-hybridized carbons (Fsp3) is 0.393. The van der Waals surface area contributed by atoms with Gasteiger partial charge in [0.25, 0.3) is 0 Å². The van der Waals surface area contributed by atoms with Crippen molar-refractivity contribution in [2.24, 2.45) is 0 Å². The molecule has 0 spiro atoms. The minimum absolute atomic E-state index is 0.0293. The Morgan fingerprint density at radius 2 is 1.59 bits per heavy atom. The van der Waals surface area contributed by atoms with Crippen molar-refractivity contribution in [3.8, 4) is 10.4 Å². The van der Waals surface area contributed by atoms with E-state index in [1.165, 1.54) is 46.6 Å². The standard InChI is InChI=1S/C28H34N2OS/c1-20-17-21(2)27(22(3)18-20)29-28(31)30(24-13-9-4-5-10-14-24)19-25-15-16-26(32-25)23-11-7-6-8-12-23/h6-8,11-12,15-18,24H,4-5,9-10,13-14,19H2,1-3H3,(H,29,31). The zero-order valence-corrected chi connectivity index (χ0v) is 20.3. The number of aryl methyl sites for hydroxylation is 3. The summed E-state index contributed by atoms with van der Waals surface area (Å²) in [6.45, 7) is 6.93. The molecular weight excluding hydrogens is 412 g/mol. The van der Waals surface area contributed by atoms with E-state index in [9.17, 15) is 4.79 Å². The van der Waals surface area contributed by atoms with Gasteiger partial charge in [0.2, 0.25) is 0 Å². The van der Waals surface area contributed by atoms with Crippen molar-refractivity contribution in [3.05, 3.63) is 76.2 Å². The predicted molar refractivity (Wildman–Crippen MR) is 136 cm³/mol. The van der Waals surface area contributed by atoms with Crippen molar-refractivity contribution in [1.29, 1.82) is 0 Å². The van der Waals surface area contributed by atoms with Gasteiger partial charge >= 0.3 is 6.03 Å². The number of thiophene rings is 1. The minimum Gasteiger partial charge on any atom is -0.316 e. The summed E-state index contributed by atoms with van der Waals surface area (Å²) in [4.78, 5) is 18.2. The van der Waals surface area contributed by atoms with Crippen LogP contribution in [-0.2, 0) is 6.54 Å². The molecule has 2 amide bonds. The van der Waals surface area contributed by atoms with E-state index >= 15 is 0 Å². The van der Waals surface area contributed by atoms with Gasteiger partial charge in [0.15, 0.2) is 0 Å². The molecule has 1 aliphatic carbocycles. The highest BCUT2D eigenvalue weighted by Crippen LogP contribution is 2.31. The smallest absolute Gasteiger partial charge is 0.316 e. The highest BCUT2D eigenvalue weighted by molar-refractivity contribution is 7.15. The Morgan fingerprint density at radius 1 is 0.938 bits per heavy atom. The molecule has 4 heteroatoms. The predicted octanol–water partition coefficient (Wildman–Crippen LogP) is 8.10. The number of carbonyl (C=O) groups is 1. The van der Waals surface area contributed by atoms with Gasteiger partial charge in [-0.3, -0.25) is 0 Å². The third kappa shape index (κ3) is 5.42. The number of rotatable bonds is 5. The maximum absolute atomic E-state index is 13.6. The fourth-order valence-electron chi connectivity index (χ4n) is 4.88. The van der Waals surface area contributed by atoms with Crippen molar-refractivity contribution in [1.82, 2.24) is 4.90 Å². The van der Waals surface area contributed by atoms with Gasteiger partial charge in [-0.25, -0.2) is 4.79 Å². The van der Waals surface area contributed by atoms with E-state index in [0.29, 0.717) is 12.6 Å². The number of nitrogens with zero attached hydrogens (tertiary/aromatic N) is 1. The van der Waals surface area contributed by atoms with Gasteiger partial charge in [0.1, 0.15) is 0 Å². The van der Waals surface area contributed by atoms with Gasteiger partial charge in [0, 0.05) is 21.5 Å². The average Bonchev–Trinajstić information content (AvgIpc) is 3.08. The summed E-state index contributed by atoms with van der Waals surface area (Å²) in [6, 6.07) is 19.5. The summed E-state index contributed by atoms with van der Waals surface area (Å²) in [5, 5.41) is 3.27. The van der Waals surface area contributed by atoms with E-state index in [4.69, 9.17) is 0 Å². The molecule has 1 aromatic heterocycles. The van der Waals surface area contributed by atoms with Crippen LogP contribution in [0, 0.1) is 20.8 Å². The van der Waals surface area contributed by atoms with Crippen LogP contribution in [0.1, 0.15) is 60.1 Å². The normalized spacial score (nSPS) is 14.7. The molecule has 2 aromatic carbocycles. The molecule has 32 heavy (non-hydrogen) atoms. The summed E-state index contributed by atoms with van der Waals surface area (Å²) < 4.78 is 0. The van der Waals surface area contributed by atoms with E-state index in [-0.39, 0.29) is 6.03 Å². The average molecular weight is 447 g/mol. The molecule has 0 unspecified atom stereocenters. The monoisotopic (exact) mass is 446 g/mol. The lowest BCUT2D eigenvalue weighted by atomic mass is 10.0. The van der Waals surface area contributed by atoms with Gasteiger partial charge in [-0.2, -0.15) is 0 Å². The molecule has 0 aliphatic heterocycles. The molecular formula is C28H34N2OS. The molecule has 3 nitrogen and oxygen atoms in total. The first-order valence-corrected chi connectivity index (χ1v) is 12.6. The first-order chi connectivity index (χ1) is 15.5. The van der Waals surface area contributed by atoms with Gasteiger partial charge in [-0.15, -0.1) is 11.3 Å². The van der Waals surface area contributed by atoms with Crippen LogP contribution in [-0.4, -0.2) is 17.0 Å². The maximum Gasteiger partial charge on any atom is 0.322 e. The summed E-state index contributed by atoms with van der Waals surface area (Å²) >= 11 is 1.79. The third-order valence-electron chi connectivity index (χ3n) is 6.48. The summed E-state index contributed by atoms with van der Waals surface area (Å²) in [6.07, 6.45) is 7.15. The molecule has 1 N–H and O–H groups in total. The molecule has 0 bridgehead atoms. The third-order valence-corrected chi connectivity index (χ3v) is 7.60. The Labute approximate surface area is 196 Å². The molecule has 4 rings (SSSR count). The van der Waals surface area contributed by atoms with Gasteiger partial charge in [0.05, 0.1) is 6.54 Å². The Morgan fingerprint density at radius 3 is 2.25 bits per heavy atom. The fourth-order valence-corrected chi connectivity index (χ4v) is 5.89. The van der Waals surface area contributed by atoms with E-state index < -0.39 is 0 Å². The number of urea groups is 1. The van der Waals surface area contributed by atoms with Gasteiger partial charge in [-0.05, 0) is 62.4 Å². The molecule has 168 valence electrons. The lowest BCUT2D eigenvalue weighted by Crippen LogP contribution is -2.42. The van der Waals surface area contributed by atoms with Crippen LogP contribution in [0.5, 0.6) is 0 Å². The van der Waals surface area contributed by atoms with E-state index in [1.54, 1.807) is 11.3 Å². The van der Waals surface area contributed by atoms with Crippen molar-refractivity contribution in [2.75, 3.05) is 5.32 Å². The van der Waals surface area contributed by atoms with Crippen molar-refractivity contribution < 1.29 is 4.79 Å². The molecule has 1 aliphatic rings. The van der Waals surface area contributed by atoms with Crippen LogP contribution < -0.4 is 5.32 Å². The molecule has 0 radical (unpaired) electrons. The van der Waals surface area contributed by atoms with Crippen LogP contribution in [0.3, 0.4) is 0 Å². The summed E-state index contributed by atoms with van der Waals surface area (Å²) in [7, 11) is 0. The number of hydrogen-bond donors (Lipinski definition) is 1. The van der Waals surface area contributed by atoms with Gasteiger partial charge in [-0.1, -0.05) is 73.7 Å². The second-order valence-corrected chi connectivity index (χ2v) is 10.3. The number of hydrogen-bond acceptors (Lipinski definition) is 2. The number of amides is 2. The lowest BCUT2D eigenvalue weighted by Gasteiger charge is -2.31. The van der Waals surface area contributed by atoms with Crippen molar-refractivity contribution >= 4 is 23.1 Å². The molecule has 0 atom stereocenters. The van der Waals surface area contributed by atoms with E-state index in [0.717, 1.165) is 29.7 Å². The second-order valence-electron chi connectivity index (χ2n) is 9.11. The van der Waals surface area contributed by atoms with Crippen LogP contribution in [0.25, 0.3) is 10.4 Å². The summed E-state index contributed by atoms with van der Waals surface area (Å²) in [5.41, 5.74) is 5.67. The highest BCUT2D eigenvalue weighted by atomic mass is 32.1. The number of nitrogens with one attached hydrogen (secondary N) is 1. The largest absolute Gasteiger partial charge is 0.322 e. The van der Waals surface area contributed by atoms with E-state index in [2.05, 4.69) is 79.5 Å². The Bertz CT molecular complexity index is 1030. The van der Waals surface area contributed by atoms with Gasteiger partial charge < -0.3 is 10.2 Å². The highest BCUT2D eigenvalue weighted by Gasteiger charge is 2.26. The molecule has 1 saturated carbocycles. The zero-order valence-electron chi connectivity index (χ0n) is 19.5. The Hall–Kier alpha value is -2.59. The van der Waals surface area contributed by atoms with Crippen LogP contribution >= 0.6 is 11.3 Å². The second kappa shape index (κ2) is 10.4. The van der Waals surface area contributed by atoms with Crippen molar-refractivity contribution in [3.63, 3.8) is 0 Å². The molecule has 1 heterocycles. The summed E-state index contributed by atoms with van der Waals surface area (Å²) in [5.74, 6) is 0.